The minimum atomic E-state index is -1.35. The number of nitriles is 1. The number of amidine groups is 1. The lowest BCUT2D eigenvalue weighted by atomic mass is 9.90. The van der Waals surface area contributed by atoms with E-state index in [0.29, 0.717) is 5.02 Å². The van der Waals surface area contributed by atoms with Crippen LogP contribution in [0.3, 0.4) is 0 Å². The van der Waals surface area contributed by atoms with Gasteiger partial charge in [-0.3, -0.25) is 15.1 Å². The van der Waals surface area contributed by atoms with Gasteiger partial charge in [0.1, 0.15) is 28.7 Å². The summed E-state index contributed by atoms with van der Waals surface area (Å²) in [5.41, 5.74) is -1.66. The van der Waals surface area contributed by atoms with Crippen LogP contribution in [-0.4, -0.2) is 38.0 Å². The van der Waals surface area contributed by atoms with Crippen molar-refractivity contribution in [3.05, 3.63) is 75.3 Å². The Labute approximate surface area is 227 Å². The first-order valence-corrected chi connectivity index (χ1v) is 12.0. The highest BCUT2D eigenvalue weighted by molar-refractivity contribution is 6.31. The van der Waals surface area contributed by atoms with Crippen LogP contribution in [-0.2, 0) is 16.8 Å². The fourth-order valence-electron chi connectivity index (χ4n) is 3.86. The van der Waals surface area contributed by atoms with E-state index in [1.54, 1.807) is 27.7 Å². The summed E-state index contributed by atoms with van der Waals surface area (Å²) >= 11 is 12.0. The Morgan fingerprint density at radius 1 is 1.21 bits per heavy atom. The molecule has 1 aromatic carbocycles. The van der Waals surface area contributed by atoms with Gasteiger partial charge in [0.15, 0.2) is 22.5 Å². The molecule has 2 N–H and O–H groups in total. The first kappa shape index (κ1) is 27.0. The SMILES string of the molecule is CC(C)(C)OC(=O)NC1=NC(C)(c2cc(NC(=O)c3ccc(Cl)cn3)ccc2F)Cn2c1nc(Cl)c2C#N. The third-order valence-corrected chi connectivity index (χ3v) is 5.94. The maximum absolute atomic E-state index is 15.2. The van der Waals surface area contributed by atoms with Crippen LogP contribution in [0.15, 0.2) is 41.5 Å². The number of aromatic nitrogens is 3. The van der Waals surface area contributed by atoms with Crippen LogP contribution in [0.25, 0.3) is 0 Å². The number of rotatable bonds is 3. The van der Waals surface area contributed by atoms with Crippen LogP contribution in [0, 0.1) is 17.1 Å². The third kappa shape index (κ3) is 5.61. The number of imidazole rings is 1. The number of carbonyl (C=O) groups is 2. The van der Waals surface area contributed by atoms with Gasteiger partial charge in [-0.15, -0.1) is 0 Å². The molecular formula is C25H22Cl2FN7O3. The largest absolute Gasteiger partial charge is 0.444 e. The number of benzene rings is 1. The molecule has 2 aromatic heterocycles. The van der Waals surface area contributed by atoms with Crippen LogP contribution in [0.2, 0.25) is 10.2 Å². The third-order valence-electron chi connectivity index (χ3n) is 5.45. The predicted molar refractivity (Wildman–Crippen MR) is 139 cm³/mol. The van der Waals surface area contributed by atoms with Crippen LogP contribution >= 0.6 is 23.2 Å². The summed E-state index contributed by atoms with van der Waals surface area (Å²) in [5.74, 6) is -1.09. The van der Waals surface area contributed by atoms with E-state index in [1.807, 2.05) is 6.07 Å². The molecule has 0 radical (unpaired) electrons. The fraction of sp³-hybridized carbons (Fsp3) is 0.280. The Morgan fingerprint density at radius 3 is 2.58 bits per heavy atom. The number of pyridine rings is 1. The smallest absolute Gasteiger partial charge is 0.413 e. The summed E-state index contributed by atoms with van der Waals surface area (Å²) in [7, 11) is 0. The Kier molecular flexibility index (Phi) is 7.14. The number of ether oxygens (including phenoxy) is 1. The molecule has 196 valence electrons. The summed E-state index contributed by atoms with van der Waals surface area (Å²) in [4.78, 5) is 38.0. The summed E-state index contributed by atoms with van der Waals surface area (Å²) in [6.45, 7) is 6.67. The fourth-order valence-corrected chi connectivity index (χ4v) is 4.19. The Hall–Kier alpha value is -4.01. The highest BCUT2D eigenvalue weighted by atomic mass is 35.5. The molecule has 3 aromatic rings. The Balaban J connectivity index is 1.74. The number of anilines is 1. The second-order valence-corrected chi connectivity index (χ2v) is 10.4. The van der Waals surface area contributed by atoms with Crippen molar-refractivity contribution in [3.63, 3.8) is 0 Å². The number of carbonyl (C=O) groups excluding carboxylic acids is 2. The van der Waals surface area contributed by atoms with E-state index >= 15 is 4.39 Å². The van der Waals surface area contributed by atoms with Gasteiger partial charge in [0, 0.05) is 17.4 Å². The van der Waals surface area contributed by atoms with Crippen LogP contribution in [0.1, 0.15) is 55.3 Å². The summed E-state index contributed by atoms with van der Waals surface area (Å²) in [6, 6.07) is 8.96. The van der Waals surface area contributed by atoms with Crippen LogP contribution in [0.5, 0.6) is 0 Å². The molecule has 1 aliphatic rings. The standard InChI is InChI=1S/C25H22Cl2FN7O3/c1-24(2,3)38-23(37)33-20-21-32-19(27)18(10-29)35(21)12-25(4,34-20)15-9-14(6-7-16(15)28)31-22(36)17-8-5-13(26)11-30-17/h5-9,11H,12H2,1-4H3,(H,31,36)(H,33,34,37). The first-order valence-electron chi connectivity index (χ1n) is 11.3. The van der Waals surface area contributed by atoms with E-state index < -0.39 is 29.0 Å². The average molecular weight is 558 g/mol. The number of amides is 2. The molecule has 4 rings (SSSR count). The lowest BCUT2D eigenvalue weighted by Gasteiger charge is -2.33. The van der Waals surface area contributed by atoms with E-state index in [0.717, 1.165) is 0 Å². The van der Waals surface area contributed by atoms with Crippen molar-refractivity contribution in [1.82, 2.24) is 19.9 Å². The minimum Gasteiger partial charge on any atom is -0.444 e. The van der Waals surface area contributed by atoms with Crippen molar-refractivity contribution < 1.29 is 18.7 Å². The molecule has 0 saturated carbocycles. The normalized spacial score (nSPS) is 16.6. The van der Waals surface area contributed by atoms with E-state index in [1.165, 1.54) is 41.1 Å². The van der Waals surface area contributed by atoms with Gasteiger partial charge in [0.25, 0.3) is 5.91 Å². The zero-order valence-corrected chi connectivity index (χ0v) is 22.3. The maximum Gasteiger partial charge on any atom is 0.413 e. The number of halogens is 3. The number of nitrogens with zero attached hydrogens (tertiary/aromatic N) is 5. The Bertz CT molecular complexity index is 1510. The number of hydrogen-bond acceptors (Lipinski definition) is 7. The molecule has 13 heteroatoms. The van der Waals surface area contributed by atoms with Gasteiger partial charge in [-0.25, -0.2) is 19.2 Å². The number of hydrogen-bond donors (Lipinski definition) is 2. The summed E-state index contributed by atoms with van der Waals surface area (Å²) < 4.78 is 22.0. The van der Waals surface area contributed by atoms with Gasteiger partial charge in [-0.1, -0.05) is 23.2 Å². The van der Waals surface area contributed by atoms with Gasteiger partial charge >= 0.3 is 6.09 Å². The van der Waals surface area contributed by atoms with E-state index in [4.69, 9.17) is 27.9 Å². The Morgan fingerprint density at radius 2 is 1.95 bits per heavy atom. The second-order valence-electron chi connectivity index (χ2n) is 9.64. The van der Waals surface area contributed by atoms with Gasteiger partial charge in [0.2, 0.25) is 0 Å². The van der Waals surface area contributed by atoms with Crippen molar-refractivity contribution in [1.29, 1.82) is 5.26 Å². The molecule has 1 unspecified atom stereocenters. The van der Waals surface area contributed by atoms with Crippen LogP contribution < -0.4 is 10.6 Å². The van der Waals surface area contributed by atoms with Crippen LogP contribution in [0.4, 0.5) is 14.9 Å². The molecule has 0 aliphatic carbocycles. The number of fused-ring (bicyclic) bond motifs is 1. The van der Waals surface area contributed by atoms with Crippen molar-refractivity contribution in [3.8, 4) is 6.07 Å². The molecule has 1 atom stereocenters. The van der Waals surface area contributed by atoms with E-state index in [9.17, 15) is 14.9 Å². The maximum atomic E-state index is 15.2. The highest BCUT2D eigenvalue weighted by Gasteiger charge is 2.39. The molecule has 2 amide bonds. The second kappa shape index (κ2) is 10.0. The summed E-state index contributed by atoms with van der Waals surface area (Å²) in [5, 5.41) is 15.2. The molecule has 0 saturated heterocycles. The number of nitrogens with one attached hydrogen (secondary N) is 2. The molecular weight excluding hydrogens is 536 g/mol. The first-order chi connectivity index (χ1) is 17.8. The lowest BCUT2D eigenvalue weighted by Crippen LogP contribution is -2.44. The van der Waals surface area contributed by atoms with Crippen molar-refractivity contribution >= 4 is 46.7 Å². The highest BCUT2D eigenvalue weighted by Crippen LogP contribution is 2.36. The monoisotopic (exact) mass is 557 g/mol. The molecule has 0 spiro atoms. The molecule has 38 heavy (non-hydrogen) atoms. The van der Waals surface area contributed by atoms with E-state index in [2.05, 4.69) is 25.6 Å². The molecule has 10 nitrogen and oxygen atoms in total. The van der Waals surface area contributed by atoms with Gasteiger partial charge < -0.3 is 14.6 Å². The van der Waals surface area contributed by atoms with Gasteiger partial charge in [0.05, 0.1) is 11.6 Å². The van der Waals surface area contributed by atoms with Crippen molar-refractivity contribution in [2.24, 2.45) is 4.99 Å². The molecule has 1 aliphatic heterocycles. The number of aliphatic imine (C=N–C) groups is 1. The lowest BCUT2D eigenvalue weighted by molar-refractivity contribution is 0.0562. The molecule has 0 fully saturated rings. The van der Waals surface area contributed by atoms with E-state index in [-0.39, 0.29) is 46.0 Å². The number of alkyl carbamates (subject to hydrolysis) is 1. The molecule has 0 bridgehead atoms. The van der Waals surface area contributed by atoms with Gasteiger partial charge in [-0.2, -0.15) is 5.26 Å². The average Bonchev–Trinajstić information content (AvgIpc) is 3.14. The summed E-state index contributed by atoms with van der Waals surface area (Å²) in [6.07, 6.45) is 0.520. The van der Waals surface area contributed by atoms with Gasteiger partial charge in [-0.05, 0) is 58.0 Å². The van der Waals surface area contributed by atoms with Crippen molar-refractivity contribution in [2.75, 3.05) is 5.32 Å². The van der Waals surface area contributed by atoms with Crippen molar-refractivity contribution in [2.45, 2.75) is 45.4 Å². The topological polar surface area (TPSA) is 134 Å². The predicted octanol–water partition coefficient (Wildman–Crippen LogP) is 5.05. The molecule has 3 heterocycles. The minimum absolute atomic E-state index is 0.0185. The quantitative estimate of drug-likeness (QED) is 0.462. The zero-order chi connectivity index (χ0) is 27.8. The zero-order valence-electron chi connectivity index (χ0n) is 20.8.